The van der Waals surface area contributed by atoms with E-state index in [-0.39, 0.29) is 11.7 Å². The van der Waals surface area contributed by atoms with E-state index in [4.69, 9.17) is 4.52 Å². The fraction of sp³-hybridized carbons (Fsp3) is 0.429. The normalized spacial score (nSPS) is 18.7. The minimum absolute atomic E-state index is 0.176. The fourth-order valence-corrected chi connectivity index (χ4v) is 4.11. The molecule has 0 amide bonds. The lowest BCUT2D eigenvalue weighted by molar-refractivity contribution is 0.0973. The summed E-state index contributed by atoms with van der Waals surface area (Å²) in [6, 6.07) is 6.36. The zero-order chi connectivity index (χ0) is 18.5. The van der Waals surface area contributed by atoms with Gasteiger partial charge >= 0.3 is 0 Å². The number of aryl methyl sites for hydroxylation is 3. The molecule has 6 heteroatoms. The molecule has 27 heavy (non-hydrogen) atoms. The molecule has 0 N–H and O–H groups in total. The summed E-state index contributed by atoms with van der Waals surface area (Å²) in [5.74, 6) is 2.35. The van der Waals surface area contributed by atoms with Gasteiger partial charge in [-0.2, -0.15) is 10.1 Å². The van der Waals surface area contributed by atoms with E-state index in [1.54, 1.807) is 4.68 Å². The number of benzene rings is 1. The van der Waals surface area contributed by atoms with Gasteiger partial charge in [-0.1, -0.05) is 17.3 Å². The highest BCUT2D eigenvalue weighted by atomic mass is 16.5. The molecule has 0 radical (unpaired) electrons. The van der Waals surface area contributed by atoms with Crippen LogP contribution in [0.2, 0.25) is 0 Å². The van der Waals surface area contributed by atoms with Crippen LogP contribution in [0.3, 0.4) is 0 Å². The molecule has 2 heterocycles. The molecule has 6 nitrogen and oxygen atoms in total. The Morgan fingerprint density at radius 3 is 2.89 bits per heavy atom. The maximum absolute atomic E-state index is 12.7. The van der Waals surface area contributed by atoms with E-state index in [9.17, 15) is 4.79 Å². The second kappa shape index (κ2) is 6.15. The van der Waals surface area contributed by atoms with Crippen molar-refractivity contribution in [3.63, 3.8) is 0 Å². The quantitative estimate of drug-likeness (QED) is 0.642. The van der Waals surface area contributed by atoms with Crippen molar-refractivity contribution in [3.8, 4) is 11.4 Å². The van der Waals surface area contributed by atoms with Crippen molar-refractivity contribution in [2.24, 2.45) is 7.05 Å². The molecule has 5 rings (SSSR count). The summed E-state index contributed by atoms with van der Waals surface area (Å²) in [4.78, 5) is 17.3. The van der Waals surface area contributed by atoms with Gasteiger partial charge in [-0.3, -0.25) is 9.48 Å². The van der Waals surface area contributed by atoms with Gasteiger partial charge in [0.15, 0.2) is 5.78 Å². The molecule has 0 saturated heterocycles. The molecule has 1 aromatic carbocycles. The predicted molar refractivity (Wildman–Crippen MR) is 99.7 cm³/mol. The number of rotatable bonds is 5. The maximum Gasteiger partial charge on any atom is 0.230 e. The summed E-state index contributed by atoms with van der Waals surface area (Å²) in [5, 5.41) is 8.43. The van der Waals surface area contributed by atoms with Crippen LogP contribution in [0.15, 0.2) is 28.9 Å². The lowest BCUT2D eigenvalue weighted by Gasteiger charge is -2.11. The number of hydrogen-bond acceptors (Lipinski definition) is 5. The lowest BCUT2D eigenvalue weighted by atomic mass is 9.92. The first-order chi connectivity index (χ1) is 13.1. The van der Waals surface area contributed by atoms with Crippen LogP contribution in [-0.4, -0.2) is 25.7 Å². The first kappa shape index (κ1) is 16.4. The molecule has 0 aliphatic heterocycles. The topological polar surface area (TPSA) is 73.8 Å². The van der Waals surface area contributed by atoms with Gasteiger partial charge in [0.25, 0.3) is 0 Å². The molecule has 2 aliphatic rings. The number of ketones is 1. The molecule has 1 atom stereocenters. The van der Waals surface area contributed by atoms with E-state index in [1.165, 1.54) is 11.1 Å². The van der Waals surface area contributed by atoms with Crippen LogP contribution in [0.1, 0.15) is 70.6 Å². The van der Waals surface area contributed by atoms with E-state index < -0.39 is 0 Å². The summed E-state index contributed by atoms with van der Waals surface area (Å²) >= 11 is 0. The highest BCUT2D eigenvalue weighted by Gasteiger charge is 2.30. The standard InChI is InChI=1S/C21H22N4O2/c1-12-18(11-25(2)23-12)19(26)10-15-6-5-14-9-16(7-8-17(14)15)20-22-21(27-24-20)13-3-4-13/h7-9,11,13,15H,3-6,10H2,1-2H3/t15-/m0/s1. The SMILES string of the molecule is Cc1nn(C)cc1C(=O)C[C@@H]1CCc2cc(-c3noc(C4CC4)n3)ccc21. The summed E-state index contributed by atoms with van der Waals surface area (Å²) in [6.07, 6.45) is 6.65. The van der Waals surface area contributed by atoms with Crippen LogP contribution in [0.5, 0.6) is 0 Å². The maximum atomic E-state index is 12.7. The molecule has 1 saturated carbocycles. The van der Waals surface area contributed by atoms with Crippen LogP contribution in [0.25, 0.3) is 11.4 Å². The molecule has 1 fully saturated rings. The zero-order valence-electron chi connectivity index (χ0n) is 15.6. The van der Waals surface area contributed by atoms with Crippen molar-refractivity contribution in [2.45, 2.75) is 50.9 Å². The number of carbonyl (C=O) groups excluding carboxylic acids is 1. The summed E-state index contributed by atoms with van der Waals surface area (Å²) in [7, 11) is 1.85. The van der Waals surface area contributed by atoms with E-state index in [0.717, 1.165) is 48.4 Å². The monoisotopic (exact) mass is 362 g/mol. The van der Waals surface area contributed by atoms with Gasteiger partial charge in [-0.15, -0.1) is 0 Å². The highest BCUT2D eigenvalue weighted by Crippen LogP contribution is 2.41. The van der Waals surface area contributed by atoms with E-state index >= 15 is 0 Å². The van der Waals surface area contributed by atoms with Crippen LogP contribution in [0, 0.1) is 6.92 Å². The Labute approximate surface area is 157 Å². The Morgan fingerprint density at radius 2 is 2.15 bits per heavy atom. The lowest BCUT2D eigenvalue weighted by Crippen LogP contribution is -2.06. The Hall–Kier alpha value is -2.76. The number of nitrogens with zero attached hydrogens (tertiary/aromatic N) is 4. The summed E-state index contributed by atoms with van der Waals surface area (Å²) in [5.41, 5.74) is 5.12. The molecule has 0 unspecified atom stereocenters. The largest absolute Gasteiger partial charge is 0.339 e. The van der Waals surface area contributed by atoms with Gasteiger partial charge < -0.3 is 4.52 Å². The third-order valence-corrected chi connectivity index (χ3v) is 5.72. The van der Waals surface area contributed by atoms with Gasteiger partial charge in [-0.05, 0) is 55.7 Å². The third-order valence-electron chi connectivity index (χ3n) is 5.72. The minimum atomic E-state index is 0.176. The Bertz CT molecular complexity index is 1030. The Kier molecular flexibility index (Phi) is 3.74. The fourth-order valence-electron chi connectivity index (χ4n) is 4.11. The second-order valence-electron chi connectivity index (χ2n) is 7.81. The van der Waals surface area contributed by atoms with E-state index in [0.29, 0.717) is 18.2 Å². The summed E-state index contributed by atoms with van der Waals surface area (Å²) in [6.45, 7) is 1.89. The smallest absolute Gasteiger partial charge is 0.230 e. The van der Waals surface area contributed by atoms with Gasteiger partial charge in [0.1, 0.15) is 0 Å². The van der Waals surface area contributed by atoms with Gasteiger partial charge in [-0.25, -0.2) is 0 Å². The molecule has 3 aromatic rings. The van der Waals surface area contributed by atoms with Crippen molar-refractivity contribution < 1.29 is 9.32 Å². The van der Waals surface area contributed by atoms with Crippen molar-refractivity contribution in [3.05, 3.63) is 52.7 Å². The number of Topliss-reactive ketones (excluding diaryl/α,β-unsaturated/α-hetero) is 1. The highest BCUT2D eigenvalue weighted by molar-refractivity contribution is 5.97. The van der Waals surface area contributed by atoms with Gasteiger partial charge in [0, 0.05) is 31.1 Å². The molecule has 2 aliphatic carbocycles. The summed E-state index contributed by atoms with van der Waals surface area (Å²) < 4.78 is 7.09. The molecular weight excluding hydrogens is 340 g/mol. The number of hydrogen-bond donors (Lipinski definition) is 0. The average Bonchev–Trinajstić information content (AvgIpc) is 3.09. The van der Waals surface area contributed by atoms with Gasteiger partial charge in [0.05, 0.1) is 11.3 Å². The van der Waals surface area contributed by atoms with Crippen molar-refractivity contribution in [1.82, 2.24) is 19.9 Å². The van der Waals surface area contributed by atoms with Crippen LogP contribution < -0.4 is 0 Å². The average molecular weight is 362 g/mol. The van der Waals surface area contributed by atoms with Crippen LogP contribution in [0.4, 0.5) is 0 Å². The first-order valence-electron chi connectivity index (χ1n) is 9.58. The first-order valence-corrected chi connectivity index (χ1v) is 9.58. The molecule has 2 aromatic heterocycles. The van der Waals surface area contributed by atoms with Crippen LogP contribution in [-0.2, 0) is 13.5 Å². The van der Waals surface area contributed by atoms with E-state index in [1.807, 2.05) is 20.2 Å². The predicted octanol–water partition coefficient (Wildman–Crippen LogP) is 3.96. The van der Waals surface area contributed by atoms with Gasteiger partial charge in [0.2, 0.25) is 11.7 Å². The Morgan fingerprint density at radius 1 is 1.30 bits per heavy atom. The van der Waals surface area contributed by atoms with Crippen molar-refractivity contribution >= 4 is 5.78 Å². The second-order valence-corrected chi connectivity index (χ2v) is 7.81. The van der Waals surface area contributed by atoms with Crippen molar-refractivity contribution in [2.75, 3.05) is 0 Å². The number of fused-ring (bicyclic) bond motifs is 1. The minimum Gasteiger partial charge on any atom is -0.339 e. The van der Waals surface area contributed by atoms with Crippen molar-refractivity contribution in [1.29, 1.82) is 0 Å². The molecule has 0 spiro atoms. The molecule has 138 valence electrons. The molecular formula is C21H22N4O2. The number of aromatic nitrogens is 4. The van der Waals surface area contributed by atoms with E-state index in [2.05, 4.69) is 33.4 Å². The Balaban J connectivity index is 1.36. The zero-order valence-corrected chi connectivity index (χ0v) is 15.6. The molecule has 0 bridgehead atoms. The van der Waals surface area contributed by atoms with Crippen LogP contribution >= 0.6 is 0 Å². The third kappa shape index (κ3) is 2.99. The number of carbonyl (C=O) groups is 1.